The van der Waals surface area contributed by atoms with Gasteiger partial charge in [0.05, 0.1) is 16.7 Å². The van der Waals surface area contributed by atoms with Crippen LogP contribution in [0.25, 0.3) is 0 Å². The van der Waals surface area contributed by atoms with E-state index in [1.165, 1.54) is 24.3 Å². The molecule has 0 unspecified atom stereocenters. The molecule has 5 atom stereocenters. The fraction of sp³-hybridized carbons (Fsp3) is 0.182. The van der Waals surface area contributed by atoms with Gasteiger partial charge < -0.3 is 70.4 Å². The van der Waals surface area contributed by atoms with Crippen molar-refractivity contribution >= 4 is 17.7 Å². The van der Waals surface area contributed by atoms with E-state index in [2.05, 4.69) is 0 Å². The van der Waals surface area contributed by atoms with Crippen LogP contribution < -0.4 is 0 Å². The molecule has 1 saturated heterocycles. The van der Waals surface area contributed by atoms with Crippen molar-refractivity contribution in [3.05, 3.63) is 88.5 Å². The average Bonchev–Trinajstić information content (AvgIpc) is 3.06. The molecule has 4 aromatic rings. The van der Waals surface area contributed by atoms with Crippen molar-refractivity contribution in [2.24, 2.45) is 0 Å². The first-order chi connectivity index (χ1) is 23.6. The highest BCUT2D eigenvalue weighted by Gasteiger charge is 2.50. The molecule has 1 heterocycles. The van der Waals surface area contributed by atoms with Gasteiger partial charge in [0.25, 0.3) is 0 Å². The Balaban J connectivity index is 1.55. The zero-order valence-corrected chi connectivity index (χ0v) is 25.2. The number of esters is 2. The zero-order chi connectivity index (χ0) is 36.6. The Hall–Kier alpha value is -6.43. The first-order valence-corrected chi connectivity index (χ1v) is 14.4. The molecule has 1 aliphatic heterocycles. The molecule has 50 heavy (non-hydrogen) atoms. The minimum atomic E-state index is -2.17. The van der Waals surface area contributed by atoms with E-state index in [4.69, 9.17) is 14.2 Å². The molecule has 4 aromatic carbocycles. The van der Waals surface area contributed by atoms with Crippen LogP contribution in [0.4, 0.5) is 0 Å². The van der Waals surface area contributed by atoms with Crippen LogP contribution in [0.2, 0.25) is 0 Å². The molecule has 0 bridgehead atoms. The summed E-state index contributed by atoms with van der Waals surface area (Å²) in [5.41, 5.74) is -2.67. The van der Waals surface area contributed by atoms with Gasteiger partial charge in [-0.1, -0.05) is 0 Å². The van der Waals surface area contributed by atoms with Gasteiger partial charge in [-0.15, -0.1) is 0 Å². The van der Waals surface area contributed by atoms with Crippen LogP contribution in [0, 0.1) is 0 Å². The second-order valence-electron chi connectivity index (χ2n) is 11.0. The molecular weight excluding hydrogens is 668 g/mol. The van der Waals surface area contributed by atoms with Gasteiger partial charge in [0.15, 0.2) is 34.9 Å². The lowest BCUT2D eigenvalue weighted by atomic mass is 9.88. The molecule has 17 heteroatoms. The first kappa shape index (κ1) is 34.9. The largest absolute Gasteiger partial charge is 0.508 e. The number of aromatic hydroxyl groups is 9. The van der Waals surface area contributed by atoms with Crippen molar-refractivity contribution in [1.82, 2.24) is 0 Å². The lowest BCUT2D eigenvalue weighted by Gasteiger charge is -2.42. The fourth-order valence-corrected chi connectivity index (χ4v) is 5.16. The summed E-state index contributed by atoms with van der Waals surface area (Å²) in [5.74, 6) is -11.0. The number of phenols is 9. The molecule has 1 aliphatic rings. The van der Waals surface area contributed by atoms with E-state index in [1.807, 2.05) is 0 Å². The summed E-state index contributed by atoms with van der Waals surface area (Å²) < 4.78 is 16.4. The Kier molecular flexibility index (Phi) is 9.48. The first-order valence-electron chi connectivity index (χ1n) is 14.4. The predicted molar refractivity (Wildman–Crippen MR) is 163 cm³/mol. The van der Waals surface area contributed by atoms with Gasteiger partial charge in [-0.25, -0.2) is 9.59 Å². The van der Waals surface area contributed by atoms with E-state index in [0.717, 1.165) is 18.2 Å². The molecule has 11 N–H and O–H groups in total. The van der Waals surface area contributed by atoms with Crippen molar-refractivity contribution in [3.63, 3.8) is 0 Å². The lowest BCUT2D eigenvalue weighted by molar-refractivity contribution is -0.232. The third-order valence-corrected chi connectivity index (χ3v) is 7.76. The molecule has 5 rings (SSSR count). The van der Waals surface area contributed by atoms with Crippen LogP contribution in [0.15, 0.2) is 60.7 Å². The average molecular weight is 697 g/mol. The Morgan fingerprint density at radius 2 is 1.20 bits per heavy atom. The number of phenolic OH excluding ortho intramolecular Hbond substituents is 9. The summed E-state index contributed by atoms with van der Waals surface area (Å²) in [6.07, 6.45) is -10.00. The van der Waals surface area contributed by atoms with Crippen LogP contribution >= 0.6 is 0 Å². The lowest BCUT2D eigenvalue weighted by Crippen LogP contribution is -2.57. The van der Waals surface area contributed by atoms with Crippen molar-refractivity contribution in [2.75, 3.05) is 6.61 Å². The second kappa shape index (κ2) is 13.6. The molecule has 0 saturated carbocycles. The number of ether oxygens (including phenoxy) is 3. The van der Waals surface area contributed by atoms with Crippen LogP contribution in [0.1, 0.15) is 48.3 Å². The Morgan fingerprint density at radius 3 is 1.82 bits per heavy atom. The molecular formula is C33H28O17. The Morgan fingerprint density at radius 1 is 0.600 bits per heavy atom. The monoisotopic (exact) mass is 696 g/mol. The summed E-state index contributed by atoms with van der Waals surface area (Å²) >= 11 is 0. The van der Waals surface area contributed by atoms with Gasteiger partial charge in [0.1, 0.15) is 59.6 Å². The fourth-order valence-electron chi connectivity index (χ4n) is 5.16. The van der Waals surface area contributed by atoms with Crippen LogP contribution in [-0.4, -0.2) is 105 Å². The maximum absolute atomic E-state index is 13.4. The summed E-state index contributed by atoms with van der Waals surface area (Å²) in [5, 5.41) is 113. The number of aliphatic hydroxyl groups is 2. The summed E-state index contributed by atoms with van der Waals surface area (Å²) in [6.45, 7) is -0.799. The summed E-state index contributed by atoms with van der Waals surface area (Å²) in [4.78, 5) is 39.2. The number of ketones is 1. The molecule has 0 aliphatic carbocycles. The number of carbonyl (C=O) groups is 3. The van der Waals surface area contributed by atoms with E-state index in [9.17, 15) is 70.6 Å². The Labute approximate surface area is 279 Å². The topological polar surface area (TPSA) is 301 Å². The van der Waals surface area contributed by atoms with E-state index in [1.54, 1.807) is 0 Å². The van der Waals surface area contributed by atoms with Crippen molar-refractivity contribution in [1.29, 1.82) is 0 Å². The van der Waals surface area contributed by atoms with Crippen molar-refractivity contribution in [2.45, 2.75) is 30.5 Å². The Bertz CT molecular complexity index is 1950. The van der Waals surface area contributed by atoms with E-state index < -0.39 is 118 Å². The SMILES string of the molecule is O=C(OC[C@@H]1O[C@@H](c2c(O)cc(O)c(C(=O)c3ccc(O)c(O)c3)c2O)[C@H](OC(=O)c2cc(O)c(O)c(O)c2)[C@H](O)[C@H]1O)c1ccc(O)cc1. The number of carbonyl (C=O) groups excluding carboxylic acids is 3. The third kappa shape index (κ3) is 6.63. The van der Waals surface area contributed by atoms with Crippen LogP contribution in [0.3, 0.4) is 0 Å². The van der Waals surface area contributed by atoms with Crippen molar-refractivity contribution < 1.29 is 84.8 Å². The van der Waals surface area contributed by atoms with E-state index in [-0.39, 0.29) is 16.9 Å². The van der Waals surface area contributed by atoms with Gasteiger partial charge in [0.2, 0.25) is 5.78 Å². The number of aliphatic hydroxyl groups excluding tert-OH is 2. The minimum absolute atomic E-state index is 0.0327. The smallest absolute Gasteiger partial charge is 0.338 e. The molecule has 262 valence electrons. The maximum atomic E-state index is 13.4. The van der Waals surface area contributed by atoms with Crippen molar-refractivity contribution in [3.8, 4) is 51.7 Å². The number of hydrogen-bond acceptors (Lipinski definition) is 17. The number of hydrogen-bond donors (Lipinski definition) is 11. The van der Waals surface area contributed by atoms with Gasteiger partial charge in [0, 0.05) is 11.6 Å². The van der Waals surface area contributed by atoms with E-state index in [0.29, 0.717) is 18.2 Å². The van der Waals surface area contributed by atoms with Gasteiger partial charge in [-0.2, -0.15) is 0 Å². The normalized spacial score (nSPS) is 20.2. The second-order valence-corrected chi connectivity index (χ2v) is 11.0. The quantitative estimate of drug-likeness (QED) is 0.0706. The molecule has 1 fully saturated rings. The number of rotatable bonds is 8. The van der Waals surface area contributed by atoms with Crippen LogP contribution in [-0.2, 0) is 14.2 Å². The minimum Gasteiger partial charge on any atom is -0.508 e. The zero-order valence-electron chi connectivity index (χ0n) is 25.2. The van der Waals surface area contributed by atoms with Gasteiger partial charge in [-0.05, 0) is 54.6 Å². The predicted octanol–water partition coefficient (Wildman–Crippen LogP) is 1.51. The van der Waals surface area contributed by atoms with Gasteiger partial charge in [-0.3, -0.25) is 4.79 Å². The highest BCUT2D eigenvalue weighted by molar-refractivity contribution is 6.13. The highest BCUT2D eigenvalue weighted by atomic mass is 16.6. The summed E-state index contributed by atoms with van der Waals surface area (Å²) in [7, 11) is 0. The van der Waals surface area contributed by atoms with Crippen LogP contribution in [0.5, 0.6) is 51.7 Å². The highest BCUT2D eigenvalue weighted by Crippen LogP contribution is 2.48. The number of benzene rings is 4. The molecule has 17 nitrogen and oxygen atoms in total. The molecule has 0 amide bonds. The molecule has 0 radical (unpaired) electrons. The standard InChI is InChI=1S/C33H28O17/c34-15-4-1-12(2-5-15)32(46)48-11-22-27(43)29(45)31(50-33(47)14-8-20(39)26(42)21(40)9-14)30(49-22)24-19(38)10-18(37)23(28(24)44)25(41)13-3-6-16(35)17(36)7-13/h1-10,22,27,29-31,34-40,42-45H,11H2/t22-,27-,29+,30-,31+/m0/s1. The molecule has 0 aromatic heterocycles. The third-order valence-electron chi connectivity index (χ3n) is 7.76. The van der Waals surface area contributed by atoms with E-state index >= 15 is 0 Å². The maximum Gasteiger partial charge on any atom is 0.338 e. The van der Waals surface area contributed by atoms with Gasteiger partial charge >= 0.3 is 11.9 Å². The molecule has 0 spiro atoms. The summed E-state index contributed by atoms with van der Waals surface area (Å²) in [6, 6.07) is 9.59.